The van der Waals surface area contributed by atoms with Crippen LogP contribution in [0.4, 0.5) is 0 Å². The Bertz CT molecular complexity index is 576. The van der Waals surface area contributed by atoms with Gasteiger partial charge in [0, 0.05) is 0 Å². The van der Waals surface area contributed by atoms with Crippen LogP contribution in [0.2, 0.25) is 0 Å². The highest BCUT2D eigenvalue weighted by Crippen LogP contribution is 2.68. The summed E-state index contributed by atoms with van der Waals surface area (Å²) >= 11 is 0. The Labute approximate surface area is 156 Å². The fourth-order valence-corrected chi connectivity index (χ4v) is 8.01. The first kappa shape index (κ1) is 18.3. The zero-order valence-electron chi connectivity index (χ0n) is 16.4. The number of hydrogen-bond acceptors (Lipinski definition) is 2. The third-order valence-electron chi connectivity index (χ3n) is 9.19. The van der Waals surface area contributed by atoms with Crippen LogP contribution >= 0.6 is 0 Å². The van der Waals surface area contributed by atoms with Gasteiger partial charge in [0.05, 0.1) is 10.8 Å². The summed E-state index contributed by atoms with van der Waals surface area (Å²) in [7, 11) is 0. The average Bonchev–Trinajstić information content (AvgIpc) is 2.53. The number of aliphatic carboxylic acids is 2. The van der Waals surface area contributed by atoms with Crippen molar-refractivity contribution in [1.82, 2.24) is 0 Å². The molecule has 0 saturated heterocycles. The summed E-state index contributed by atoms with van der Waals surface area (Å²) < 4.78 is 0. The minimum atomic E-state index is -0.610. The first-order chi connectivity index (χ1) is 12.1. The minimum Gasteiger partial charge on any atom is -0.481 e. The van der Waals surface area contributed by atoms with Crippen LogP contribution in [0.1, 0.15) is 90.9 Å². The Morgan fingerprint density at radius 3 is 1.46 bits per heavy atom. The normalized spacial score (nSPS) is 50.8. The first-order valence-corrected chi connectivity index (χ1v) is 10.6. The molecular weight excluding hydrogens is 328 g/mol. The first-order valence-electron chi connectivity index (χ1n) is 10.6. The predicted octanol–water partition coefficient (Wildman–Crippen LogP) is 5.11. The fourth-order valence-electron chi connectivity index (χ4n) is 8.01. The van der Waals surface area contributed by atoms with Gasteiger partial charge in [-0.3, -0.25) is 9.59 Å². The van der Waals surface area contributed by atoms with Crippen molar-refractivity contribution in [3.8, 4) is 0 Å². The van der Waals surface area contributed by atoms with Gasteiger partial charge in [-0.1, -0.05) is 39.5 Å². The van der Waals surface area contributed by atoms with Gasteiger partial charge in [-0.15, -0.1) is 0 Å². The molecular formula is C22H34O4. The van der Waals surface area contributed by atoms with Crippen LogP contribution in [0.5, 0.6) is 0 Å². The van der Waals surface area contributed by atoms with Crippen molar-refractivity contribution in [2.45, 2.75) is 90.9 Å². The van der Waals surface area contributed by atoms with Crippen LogP contribution in [0.3, 0.4) is 0 Å². The molecule has 2 N–H and O–H groups in total. The van der Waals surface area contributed by atoms with Gasteiger partial charge in [-0.05, 0) is 74.0 Å². The summed E-state index contributed by atoms with van der Waals surface area (Å²) in [5, 5.41) is 20.1. The van der Waals surface area contributed by atoms with Crippen molar-refractivity contribution in [3.63, 3.8) is 0 Å². The van der Waals surface area contributed by atoms with Crippen molar-refractivity contribution in [2.24, 2.45) is 33.5 Å². The molecule has 4 bridgehead atoms. The number of hydrogen-bond donors (Lipinski definition) is 2. The summed E-state index contributed by atoms with van der Waals surface area (Å²) in [5.74, 6) is -0.225. The SMILES string of the molecule is CC1(C2(C)CC3CCCC(C(=O)O)(C3)C2)CC2CCCC(C(=O)O)(C2)C1. The van der Waals surface area contributed by atoms with Crippen LogP contribution in [0, 0.1) is 33.5 Å². The highest BCUT2D eigenvalue weighted by molar-refractivity contribution is 5.76. The highest BCUT2D eigenvalue weighted by atomic mass is 16.4. The molecule has 4 aliphatic rings. The molecule has 0 aromatic heterocycles. The Morgan fingerprint density at radius 2 is 1.12 bits per heavy atom. The average molecular weight is 363 g/mol. The topological polar surface area (TPSA) is 74.6 Å². The van der Waals surface area contributed by atoms with E-state index in [2.05, 4.69) is 13.8 Å². The van der Waals surface area contributed by atoms with Gasteiger partial charge in [0.15, 0.2) is 0 Å². The van der Waals surface area contributed by atoms with Gasteiger partial charge >= 0.3 is 11.9 Å². The second kappa shape index (κ2) is 5.72. The van der Waals surface area contributed by atoms with E-state index >= 15 is 0 Å². The quantitative estimate of drug-likeness (QED) is 0.731. The number of rotatable bonds is 3. The number of carboxylic acids is 2. The van der Waals surface area contributed by atoms with Gasteiger partial charge in [-0.2, -0.15) is 0 Å². The summed E-state index contributed by atoms with van der Waals surface area (Å²) in [6.07, 6.45) is 11.3. The molecule has 0 aromatic rings. The predicted molar refractivity (Wildman–Crippen MR) is 98.7 cm³/mol. The van der Waals surface area contributed by atoms with Crippen LogP contribution < -0.4 is 0 Å². The third kappa shape index (κ3) is 2.54. The maximum absolute atomic E-state index is 12.2. The molecule has 146 valence electrons. The molecule has 4 nitrogen and oxygen atoms in total. The zero-order valence-corrected chi connectivity index (χ0v) is 16.4. The lowest BCUT2D eigenvalue weighted by molar-refractivity contribution is -0.181. The number of carbonyl (C=O) groups is 2. The minimum absolute atomic E-state index is 0.0641. The van der Waals surface area contributed by atoms with E-state index in [1.807, 2.05) is 0 Å². The lowest BCUT2D eigenvalue weighted by Gasteiger charge is -2.62. The second-order valence-corrected chi connectivity index (χ2v) is 11.0. The molecule has 4 aliphatic carbocycles. The molecule has 0 radical (unpaired) electrons. The maximum atomic E-state index is 12.2. The van der Waals surface area contributed by atoms with Crippen molar-refractivity contribution in [2.75, 3.05) is 0 Å². The molecule has 4 rings (SSSR count). The lowest BCUT2D eigenvalue weighted by atomic mass is 9.41. The van der Waals surface area contributed by atoms with Crippen LogP contribution in [0.25, 0.3) is 0 Å². The molecule has 4 heteroatoms. The smallest absolute Gasteiger partial charge is 0.309 e. The van der Waals surface area contributed by atoms with Crippen molar-refractivity contribution in [1.29, 1.82) is 0 Å². The summed E-state index contributed by atoms with van der Waals surface area (Å²) in [4.78, 5) is 24.5. The highest BCUT2D eigenvalue weighted by Gasteiger charge is 2.62. The fraction of sp³-hybridized carbons (Fsp3) is 0.909. The molecule has 4 fully saturated rings. The molecule has 26 heavy (non-hydrogen) atoms. The van der Waals surface area contributed by atoms with E-state index in [4.69, 9.17) is 0 Å². The van der Waals surface area contributed by atoms with Gasteiger partial charge in [0.1, 0.15) is 0 Å². The molecule has 4 saturated carbocycles. The van der Waals surface area contributed by atoms with E-state index in [-0.39, 0.29) is 10.8 Å². The van der Waals surface area contributed by atoms with Gasteiger partial charge in [0.25, 0.3) is 0 Å². The molecule has 0 aliphatic heterocycles. The molecule has 0 spiro atoms. The van der Waals surface area contributed by atoms with E-state index in [0.717, 1.165) is 77.0 Å². The summed E-state index contributed by atoms with van der Waals surface area (Å²) in [6, 6.07) is 0. The van der Waals surface area contributed by atoms with E-state index < -0.39 is 22.8 Å². The van der Waals surface area contributed by atoms with E-state index in [1.165, 1.54) is 0 Å². The zero-order chi connectivity index (χ0) is 18.8. The Kier molecular flexibility index (Phi) is 4.03. The largest absolute Gasteiger partial charge is 0.481 e. The van der Waals surface area contributed by atoms with Crippen molar-refractivity contribution in [3.05, 3.63) is 0 Å². The number of fused-ring (bicyclic) bond motifs is 4. The Balaban J connectivity index is 1.71. The lowest BCUT2D eigenvalue weighted by Crippen LogP contribution is -2.57. The van der Waals surface area contributed by atoms with E-state index in [9.17, 15) is 19.8 Å². The molecule has 6 unspecified atom stereocenters. The second-order valence-electron chi connectivity index (χ2n) is 11.0. The van der Waals surface area contributed by atoms with Crippen LogP contribution in [-0.4, -0.2) is 22.2 Å². The molecule has 6 atom stereocenters. The number of carboxylic acid groups (broad SMARTS) is 2. The van der Waals surface area contributed by atoms with Crippen LogP contribution in [0.15, 0.2) is 0 Å². The van der Waals surface area contributed by atoms with E-state index in [1.54, 1.807) is 0 Å². The van der Waals surface area contributed by atoms with E-state index in [0.29, 0.717) is 11.8 Å². The van der Waals surface area contributed by atoms with Gasteiger partial charge < -0.3 is 10.2 Å². The summed E-state index contributed by atoms with van der Waals surface area (Å²) in [5.41, 5.74) is -1.26. The Hall–Kier alpha value is -1.06. The monoisotopic (exact) mass is 362 g/mol. The molecule has 0 amide bonds. The molecule has 0 aromatic carbocycles. The van der Waals surface area contributed by atoms with Gasteiger partial charge in [-0.25, -0.2) is 0 Å². The van der Waals surface area contributed by atoms with Crippen molar-refractivity contribution < 1.29 is 19.8 Å². The standard InChI is InChI=1S/C22H34O4/c1-19(9-15-5-3-7-21(11-15,13-19)17(23)24)20(2)10-16-6-4-8-22(12-16,14-20)18(25)26/h15-16H,3-14H2,1-2H3,(H,23,24)(H,25,26). The molecule has 0 heterocycles. The third-order valence-corrected chi connectivity index (χ3v) is 9.19. The summed E-state index contributed by atoms with van der Waals surface area (Å²) in [6.45, 7) is 4.61. The maximum Gasteiger partial charge on any atom is 0.309 e. The van der Waals surface area contributed by atoms with Crippen molar-refractivity contribution >= 4 is 11.9 Å². The van der Waals surface area contributed by atoms with Crippen LogP contribution in [-0.2, 0) is 9.59 Å². The van der Waals surface area contributed by atoms with Gasteiger partial charge in [0.2, 0.25) is 0 Å². The Morgan fingerprint density at radius 1 is 0.731 bits per heavy atom.